The molecule has 0 radical (unpaired) electrons. The van der Waals surface area contributed by atoms with Gasteiger partial charge in [-0.2, -0.15) is 0 Å². The van der Waals surface area contributed by atoms with E-state index < -0.39 is 0 Å². The molecule has 0 saturated heterocycles. The molecule has 1 aromatic carbocycles. The summed E-state index contributed by atoms with van der Waals surface area (Å²) in [4.78, 5) is 0. The molecule has 0 unspecified atom stereocenters. The van der Waals surface area contributed by atoms with Gasteiger partial charge in [0.25, 0.3) is 0 Å². The number of halogens is 3. The third kappa shape index (κ3) is 4.13. The molecule has 0 N–H and O–H groups in total. The van der Waals surface area contributed by atoms with Crippen molar-refractivity contribution in [2.45, 2.75) is 18.8 Å². The molecule has 1 rings (SSSR count). The van der Waals surface area contributed by atoms with Crippen LogP contribution in [0.25, 0.3) is 0 Å². The van der Waals surface area contributed by atoms with Crippen LogP contribution in [-0.4, -0.2) is 25.0 Å². The van der Waals surface area contributed by atoms with Crippen LogP contribution in [-0.2, 0) is 10.2 Å². The van der Waals surface area contributed by atoms with E-state index in [-0.39, 0.29) is 5.41 Å². The van der Waals surface area contributed by atoms with Gasteiger partial charge in [-0.1, -0.05) is 28.1 Å². The molecule has 0 bridgehead atoms. The molecule has 1 aromatic rings. The van der Waals surface area contributed by atoms with Crippen molar-refractivity contribution in [2.75, 3.05) is 25.0 Å². The maximum atomic E-state index is 6.13. The summed E-state index contributed by atoms with van der Waals surface area (Å²) in [5.74, 6) is 1.00. The molecule has 0 fully saturated rings. The monoisotopic (exact) mass is 338 g/mol. The van der Waals surface area contributed by atoms with Crippen molar-refractivity contribution in [1.82, 2.24) is 0 Å². The van der Waals surface area contributed by atoms with E-state index >= 15 is 0 Å². The molecule has 0 aromatic heterocycles. The van der Waals surface area contributed by atoms with Crippen LogP contribution in [0.4, 0.5) is 0 Å². The summed E-state index contributed by atoms with van der Waals surface area (Å²) < 4.78 is 6.46. The van der Waals surface area contributed by atoms with E-state index in [0.29, 0.717) is 18.4 Å². The van der Waals surface area contributed by atoms with E-state index in [0.717, 1.165) is 23.1 Å². The highest BCUT2D eigenvalue weighted by atomic mass is 79.9. The quantitative estimate of drug-likeness (QED) is 0.521. The molecule has 0 amide bonds. The molecule has 0 spiro atoms. The molecule has 4 heteroatoms. The minimum absolute atomic E-state index is 0.206. The lowest BCUT2D eigenvalue weighted by molar-refractivity contribution is 0.131. The van der Waals surface area contributed by atoms with Gasteiger partial charge in [0, 0.05) is 34.9 Å². The second kappa shape index (κ2) is 7.63. The molecule has 0 heterocycles. The first kappa shape index (κ1) is 15.3. The summed E-state index contributed by atoms with van der Waals surface area (Å²) in [7, 11) is 0. The Morgan fingerprint density at radius 3 is 2.53 bits per heavy atom. The highest BCUT2D eigenvalue weighted by Crippen LogP contribution is 2.32. The van der Waals surface area contributed by atoms with Gasteiger partial charge in [0.05, 0.1) is 0 Å². The van der Waals surface area contributed by atoms with Gasteiger partial charge < -0.3 is 4.74 Å². The Balaban J connectivity index is 2.89. The van der Waals surface area contributed by atoms with Crippen LogP contribution in [0.2, 0.25) is 0 Å². The Morgan fingerprint density at radius 1 is 1.29 bits per heavy atom. The number of alkyl halides is 2. The van der Waals surface area contributed by atoms with Crippen LogP contribution in [0.3, 0.4) is 0 Å². The fourth-order valence-electron chi connectivity index (χ4n) is 1.70. The van der Waals surface area contributed by atoms with Gasteiger partial charge in [0.2, 0.25) is 0 Å². The van der Waals surface area contributed by atoms with Crippen LogP contribution in [0.5, 0.6) is 0 Å². The molecule has 1 nitrogen and oxygen atoms in total. The molecule has 0 aliphatic heterocycles. The van der Waals surface area contributed by atoms with E-state index in [1.54, 1.807) is 0 Å². The number of benzene rings is 1. The highest BCUT2D eigenvalue weighted by molar-refractivity contribution is 9.10. The van der Waals surface area contributed by atoms with Gasteiger partial charge >= 0.3 is 0 Å². The SMILES string of the molecule is CCOCCC(CCl)(CCl)c1cccc(Br)c1. The van der Waals surface area contributed by atoms with Crippen LogP contribution in [0, 0.1) is 0 Å². The Kier molecular flexibility index (Phi) is 6.86. The predicted molar refractivity (Wildman–Crippen MR) is 78.4 cm³/mol. The first-order valence-corrected chi connectivity index (χ1v) is 7.50. The lowest BCUT2D eigenvalue weighted by Crippen LogP contribution is -2.32. The van der Waals surface area contributed by atoms with Crippen molar-refractivity contribution >= 4 is 39.1 Å². The zero-order valence-electron chi connectivity index (χ0n) is 9.89. The summed E-state index contributed by atoms with van der Waals surface area (Å²) in [6, 6.07) is 8.16. The van der Waals surface area contributed by atoms with Gasteiger partial charge in [-0.15, -0.1) is 23.2 Å². The molecule has 0 atom stereocenters. The normalized spacial score (nSPS) is 11.8. The molecule has 0 aliphatic carbocycles. The van der Waals surface area contributed by atoms with E-state index in [1.165, 1.54) is 0 Å². The third-order valence-electron chi connectivity index (χ3n) is 2.88. The molecule has 96 valence electrons. The summed E-state index contributed by atoms with van der Waals surface area (Å²) in [5, 5.41) is 0. The summed E-state index contributed by atoms with van der Waals surface area (Å²) in [6.45, 7) is 3.39. The number of rotatable bonds is 7. The van der Waals surface area contributed by atoms with E-state index in [4.69, 9.17) is 27.9 Å². The van der Waals surface area contributed by atoms with Crippen LogP contribution >= 0.6 is 39.1 Å². The highest BCUT2D eigenvalue weighted by Gasteiger charge is 2.30. The third-order valence-corrected chi connectivity index (χ3v) is 4.39. The van der Waals surface area contributed by atoms with Gasteiger partial charge in [0.1, 0.15) is 0 Å². The van der Waals surface area contributed by atoms with Gasteiger partial charge in [0.15, 0.2) is 0 Å². The summed E-state index contributed by atoms with van der Waals surface area (Å²) in [6.07, 6.45) is 0.838. The van der Waals surface area contributed by atoms with Crippen molar-refractivity contribution in [3.8, 4) is 0 Å². The second-order valence-corrected chi connectivity index (χ2v) is 5.46. The van der Waals surface area contributed by atoms with Crippen LogP contribution in [0.1, 0.15) is 18.9 Å². The average Bonchev–Trinajstić information content (AvgIpc) is 2.35. The first-order chi connectivity index (χ1) is 8.18. The van der Waals surface area contributed by atoms with Crippen molar-refractivity contribution in [2.24, 2.45) is 0 Å². The lowest BCUT2D eigenvalue weighted by Gasteiger charge is -2.30. The Morgan fingerprint density at radius 2 is 2.00 bits per heavy atom. The minimum Gasteiger partial charge on any atom is -0.382 e. The maximum Gasteiger partial charge on any atom is 0.0475 e. The van der Waals surface area contributed by atoms with Gasteiger partial charge in [-0.05, 0) is 31.0 Å². The fraction of sp³-hybridized carbons (Fsp3) is 0.538. The van der Waals surface area contributed by atoms with E-state index in [9.17, 15) is 0 Å². The maximum absolute atomic E-state index is 6.13. The average molecular weight is 340 g/mol. The zero-order valence-corrected chi connectivity index (χ0v) is 13.0. The zero-order chi connectivity index (χ0) is 12.7. The van der Waals surface area contributed by atoms with E-state index in [2.05, 4.69) is 28.1 Å². The number of hydrogen-bond donors (Lipinski definition) is 0. The van der Waals surface area contributed by atoms with E-state index in [1.807, 2.05) is 19.1 Å². The van der Waals surface area contributed by atoms with Crippen molar-refractivity contribution in [3.63, 3.8) is 0 Å². The predicted octanol–water partition coefficient (Wildman–Crippen LogP) is 4.59. The molecule has 17 heavy (non-hydrogen) atoms. The molecular weight excluding hydrogens is 323 g/mol. The second-order valence-electron chi connectivity index (χ2n) is 4.00. The number of hydrogen-bond acceptors (Lipinski definition) is 1. The molecule has 0 saturated carbocycles. The van der Waals surface area contributed by atoms with Crippen LogP contribution in [0.15, 0.2) is 28.7 Å². The van der Waals surface area contributed by atoms with Crippen LogP contribution < -0.4 is 0 Å². The van der Waals surface area contributed by atoms with Crippen molar-refractivity contribution < 1.29 is 4.74 Å². The summed E-state index contributed by atoms with van der Waals surface area (Å²) in [5.41, 5.74) is 0.957. The van der Waals surface area contributed by atoms with Gasteiger partial charge in [-0.25, -0.2) is 0 Å². The molecular formula is C13H17BrCl2O. The summed E-state index contributed by atoms with van der Waals surface area (Å²) >= 11 is 15.7. The lowest BCUT2D eigenvalue weighted by atomic mass is 9.81. The largest absolute Gasteiger partial charge is 0.382 e. The standard InChI is InChI=1S/C13H17BrCl2O/c1-2-17-7-6-13(9-15,10-16)11-4-3-5-12(14)8-11/h3-5,8H,2,6-7,9-10H2,1H3. The van der Waals surface area contributed by atoms with Gasteiger partial charge in [-0.3, -0.25) is 0 Å². The van der Waals surface area contributed by atoms with Crippen molar-refractivity contribution in [3.05, 3.63) is 34.3 Å². The minimum atomic E-state index is -0.206. The molecule has 0 aliphatic rings. The Hall–Kier alpha value is 0.240. The smallest absolute Gasteiger partial charge is 0.0475 e. The topological polar surface area (TPSA) is 9.23 Å². The Labute approximate surface area is 122 Å². The number of ether oxygens (including phenoxy) is 1. The first-order valence-electron chi connectivity index (χ1n) is 5.64. The van der Waals surface area contributed by atoms with Crippen molar-refractivity contribution in [1.29, 1.82) is 0 Å². The Bertz CT molecular complexity index is 340. The fourth-order valence-corrected chi connectivity index (χ4v) is 2.96.